The number of rotatable bonds is 11. The molecule has 0 aliphatic heterocycles. The van der Waals surface area contributed by atoms with Crippen molar-refractivity contribution in [3.8, 4) is 0 Å². The summed E-state index contributed by atoms with van der Waals surface area (Å²) in [6.45, 7) is 5.90. The van der Waals surface area contributed by atoms with Gasteiger partial charge in [0.2, 0.25) is 26.0 Å². The van der Waals surface area contributed by atoms with Crippen LogP contribution in [-0.4, -0.2) is 38.6 Å². The summed E-state index contributed by atoms with van der Waals surface area (Å²) >= 11 is 0. The van der Waals surface area contributed by atoms with Crippen LogP contribution in [0.3, 0.4) is 0 Å². The summed E-state index contributed by atoms with van der Waals surface area (Å²) in [5, 5.41) is 6.08. The summed E-state index contributed by atoms with van der Waals surface area (Å²) in [4.78, 5) is 9.05. The molecule has 12 heteroatoms. The van der Waals surface area contributed by atoms with Gasteiger partial charge in [-0.1, -0.05) is 25.1 Å². The molecule has 3 aromatic rings. The van der Waals surface area contributed by atoms with Crippen LogP contribution in [0, 0.1) is 13.8 Å². The van der Waals surface area contributed by atoms with Crippen molar-refractivity contribution in [2.75, 3.05) is 17.2 Å². The largest absolute Gasteiger partial charge is 0.340 e. The summed E-state index contributed by atoms with van der Waals surface area (Å²) in [5.74, 6) is 0.896. The van der Waals surface area contributed by atoms with Gasteiger partial charge in [-0.2, -0.15) is 4.98 Å². The van der Waals surface area contributed by atoms with E-state index in [4.69, 9.17) is 0 Å². The van der Waals surface area contributed by atoms with Crippen molar-refractivity contribution in [1.82, 2.24) is 19.4 Å². The molecule has 1 heterocycles. The third-order valence-electron chi connectivity index (χ3n) is 5.70. The Morgan fingerprint density at radius 3 is 2.25 bits per heavy atom. The van der Waals surface area contributed by atoms with Crippen LogP contribution in [0.4, 0.5) is 23.1 Å². The van der Waals surface area contributed by atoms with Gasteiger partial charge >= 0.3 is 0 Å². The number of nitrogens with zero attached hydrogens (tertiary/aromatic N) is 2. The average Bonchev–Trinajstić information content (AvgIpc) is 3.68. The lowest BCUT2D eigenvalue weighted by atomic mass is 10.2. The molecule has 0 saturated heterocycles. The molecule has 10 nitrogen and oxygen atoms in total. The second-order valence-electron chi connectivity index (χ2n) is 8.72. The van der Waals surface area contributed by atoms with E-state index in [2.05, 4.69) is 30.0 Å². The van der Waals surface area contributed by atoms with E-state index in [-0.39, 0.29) is 16.7 Å². The molecule has 36 heavy (non-hydrogen) atoms. The molecule has 2 aromatic carbocycles. The quantitative estimate of drug-likeness (QED) is 0.295. The number of nitrogens with one attached hydrogen (secondary N) is 4. The first kappa shape index (κ1) is 26.0. The molecule has 1 fully saturated rings. The zero-order valence-corrected chi connectivity index (χ0v) is 22.0. The fourth-order valence-corrected chi connectivity index (χ4v) is 6.19. The van der Waals surface area contributed by atoms with Gasteiger partial charge in [0.1, 0.15) is 5.82 Å². The van der Waals surface area contributed by atoms with Gasteiger partial charge in [-0.05, 0) is 62.1 Å². The van der Waals surface area contributed by atoms with Crippen LogP contribution in [0.2, 0.25) is 0 Å². The molecule has 4 N–H and O–H groups in total. The van der Waals surface area contributed by atoms with Crippen molar-refractivity contribution in [2.45, 2.75) is 50.3 Å². The lowest BCUT2D eigenvalue weighted by molar-refractivity contribution is 0.579. The molecule has 1 aliphatic rings. The molecule has 0 spiro atoms. The molecule has 192 valence electrons. The van der Waals surface area contributed by atoms with Crippen molar-refractivity contribution >= 4 is 43.2 Å². The zero-order chi connectivity index (χ0) is 25.9. The monoisotopic (exact) mass is 530 g/mol. The first-order chi connectivity index (χ1) is 17.1. The maximum Gasteiger partial charge on any atom is 0.240 e. The van der Waals surface area contributed by atoms with Crippen LogP contribution in [-0.2, 0) is 26.6 Å². The fourth-order valence-electron chi connectivity index (χ4n) is 3.52. The molecule has 1 aromatic heterocycles. The van der Waals surface area contributed by atoms with Gasteiger partial charge in [-0.3, -0.25) is 0 Å². The number of benzene rings is 2. The minimum Gasteiger partial charge on any atom is -0.340 e. The minimum absolute atomic E-state index is 0.194. The molecular weight excluding hydrogens is 500 g/mol. The van der Waals surface area contributed by atoms with Crippen LogP contribution in [0.5, 0.6) is 0 Å². The van der Waals surface area contributed by atoms with E-state index in [1.54, 1.807) is 38.2 Å². The standard InChI is InChI=1S/C24H30N6O4S2/c1-4-26-36(33,34)22-13-20(8-5-16(22)2)29-24-25-14-17(3)23(30-24)28-19-9-6-18(7-10-19)15-27-35(31,32)21-11-12-21/h5-10,13-14,21,26-27H,4,11-12,15H2,1-3H3,(H2,25,28,29,30). The van der Waals surface area contributed by atoms with Gasteiger partial charge in [0.15, 0.2) is 0 Å². The second kappa shape index (κ2) is 10.5. The molecule has 0 radical (unpaired) electrons. The Morgan fingerprint density at radius 2 is 1.58 bits per heavy atom. The third-order valence-corrected chi connectivity index (χ3v) is 9.28. The van der Waals surface area contributed by atoms with Crippen molar-refractivity contribution in [3.63, 3.8) is 0 Å². The van der Waals surface area contributed by atoms with E-state index < -0.39 is 20.0 Å². The normalized spacial score (nSPS) is 14.0. The molecule has 0 unspecified atom stereocenters. The predicted molar refractivity (Wildman–Crippen MR) is 141 cm³/mol. The highest BCUT2D eigenvalue weighted by atomic mass is 32.2. The van der Waals surface area contributed by atoms with Gasteiger partial charge in [-0.25, -0.2) is 31.3 Å². The summed E-state index contributed by atoms with van der Waals surface area (Å²) in [5.41, 5.74) is 3.64. The van der Waals surface area contributed by atoms with Gasteiger partial charge in [0, 0.05) is 36.2 Å². The second-order valence-corrected chi connectivity index (χ2v) is 12.5. The van der Waals surface area contributed by atoms with Crippen molar-refractivity contribution < 1.29 is 16.8 Å². The highest BCUT2D eigenvalue weighted by molar-refractivity contribution is 7.90. The topological polar surface area (TPSA) is 142 Å². The Kier molecular flexibility index (Phi) is 7.59. The zero-order valence-electron chi connectivity index (χ0n) is 20.4. The van der Waals surface area contributed by atoms with Crippen molar-refractivity contribution in [3.05, 3.63) is 65.4 Å². The number of sulfonamides is 2. The number of hydrogen-bond donors (Lipinski definition) is 4. The minimum atomic E-state index is -3.61. The lowest BCUT2D eigenvalue weighted by Gasteiger charge is -2.13. The number of hydrogen-bond acceptors (Lipinski definition) is 8. The highest BCUT2D eigenvalue weighted by Crippen LogP contribution is 2.28. The van der Waals surface area contributed by atoms with Gasteiger partial charge in [0.05, 0.1) is 10.1 Å². The van der Waals surface area contributed by atoms with E-state index in [9.17, 15) is 16.8 Å². The lowest BCUT2D eigenvalue weighted by Crippen LogP contribution is -2.26. The van der Waals surface area contributed by atoms with E-state index in [1.165, 1.54) is 0 Å². The van der Waals surface area contributed by atoms with Crippen LogP contribution in [0.1, 0.15) is 36.5 Å². The summed E-state index contributed by atoms with van der Waals surface area (Å²) in [6.07, 6.45) is 3.13. The smallest absolute Gasteiger partial charge is 0.240 e. The molecule has 1 aliphatic carbocycles. The van der Waals surface area contributed by atoms with Gasteiger partial charge < -0.3 is 10.6 Å². The van der Waals surface area contributed by atoms with Crippen LogP contribution >= 0.6 is 0 Å². The number of anilines is 4. The average molecular weight is 531 g/mol. The first-order valence-electron chi connectivity index (χ1n) is 11.6. The van der Waals surface area contributed by atoms with Gasteiger partial charge in [-0.15, -0.1) is 0 Å². The predicted octanol–water partition coefficient (Wildman–Crippen LogP) is 3.46. The maximum atomic E-state index is 12.5. The van der Waals surface area contributed by atoms with E-state index in [1.807, 2.05) is 31.2 Å². The van der Waals surface area contributed by atoms with E-state index >= 15 is 0 Å². The molecule has 1 saturated carbocycles. The molecule has 0 amide bonds. The van der Waals surface area contributed by atoms with Crippen LogP contribution in [0.15, 0.2) is 53.6 Å². The van der Waals surface area contributed by atoms with Crippen LogP contribution < -0.4 is 20.1 Å². The Balaban J connectivity index is 1.45. The molecule has 0 bridgehead atoms. The third kappa shape index (κ3) is 6.38. The summed E-state index contributed by atoms with van der Waals surface area (Å²) in [7, 11) is -6.83. The SMILES string of the molecule is CCNS(=O)(=O)c1cc(Nc2ncc(C)c(Nc3ccc(CNS(=O)(=O)C4CC4)cc3)n2)ccc1C. The number of aromatic nitrogens is 2. The molecule has 4 rings (SSSR count). The first-order valence-corrected chi connectivity index (χ1v) is 14.7. The Hall–Kier alpha value is -3.06. The number of aryl methyl sites for hydroxylation is 2. The van der Waals surface area contributed by atoms with E-state index in [0.717, 1.165) is 29.7 Å². The van der Waals surface area contributed by atoms with Crippen LogP contribution in [0.25, 0.3) is 0 Å². The Morgan fingerprint density at radius 1 is 0.889 bits per heavy atom. The summed E-state index contributed by atoms with van der Waals surface area (Å²) in [6, 6.07) is 12.5. The Labute approximate surface area is 212 Å². The van der Waals surface area contributed by atoms with E-state index in [0.29, 0.717) is 29.6 Å². The molecule has 0 atom stereocenters. The van der Waals surface area contributed by atoms with Crippen molar-refractivity contribution in [1.29, 1.82) is 0 Å². The Bertz CT molecular complexity index is 1450. The maximum absolute atomic E-state index is 12.5. The molecular formula is C24H30N6O4S2. The van der Waals surface area contributed by atoms with Gasteiger partial charge in [0.25, 0.3) is 0 Å². The highest BCUT2D eigenvalue weighted by Gasteiger charge is 2.35. The fraction of sp³-hybridized carbons (Fsp3) is 0.333. The van der Waals surface area contributed by atoms with Crippen molar-refractivity contribution in [2.24, 2.45) is 0 Å². The summed E-state index contributed by atoms with van der Waals surface area (Å²) < 4.78 is 54.2.